The first-order valence-electron chi connectivity index (χ1n) is 9.67. The molecule has 2 aromatic rings. The summed E-state index contributed by atoms with van der Waals surface area (Å²) in [5.41, 5.74) is 1.93. The van der Waals surface area contributed by atoms with Crippen molar-refractivity contribution in [3.05, 3.63) is 47.3 Å². The van der Waals surface area contributed by atoms with E-state index in [1.165, 1.54) is 19.3 Å². The Hall–Kier alpha value is -2.01. The van der Waals surface area contributed by atoms with E-state index in [4.69, 9.17) is 25.6 Å². The summed E-state index contributed by atoms with van der Waals surface area (Å²) in [5.74, 6) is 3.01. The smallest absolute Gasteiger partial charge is 0.216 e. The Morgan fingerprint density at radius 2 is 1.89 bits per heavy atom. The Bertz CT molecular complexity index is 727. The summed E-state index contributed by atoms with van der Waals surface area (Å²) in [6.07, 6.45) is 6.79. The lowest BCUT2D eigenvalue weighted by atomic mass is 10.1. The predicted molar refractivity (Wildman–Crippen MR) is 107 cm³/mol. The van der Waals surface area contributed by atoms with Crippen molar-refractivity contribution in [2.45, 2.75) is 51.6 Å². The zero-order valence-corrected chi connectivity index (χ0v) is 16.6. The number of benzene rings is 1. The molecule has 0 amide bonds. The quantitative estimate of drug-likeness (QED) is 0.403. The summed E-state index contributed by atoms with van der Waals surface area (Å²) in [6.45, 7) is 3.33. The average molecular weight is 391 g/mol. The number of rotatable bonds is 11. The lowest BCUT2D eigenvalue weighted by Gasteiger charge is -2.09. The molecule has 0 radical (unpaired) electrons. The van der Waals surface area contributed by atoms with Gasteiger partial charge in [0.25, 0.3) is 0 Å². The van der Waals surface area contributed by atoms with Crippen LogP contribution in [0.1, 0.15) is 49.1 Å². The van der Waals surface area contributed by atoms with E-state index in [1.54, 1.807) is 0 Å². The van der Waals surface area contributed by atoms with Crippen LogP contribution in [0.5, 0.6) is 5.75 Å². The molecule has 6 heteroatoms. The Labute approximate surface area is 165 Å². The zero-order chi connectivity index (χ0) is 18.9. The van der Waals surface area contributed by atoms with Crippen molar-refractivity contribution in [3.8, 4) is 5.75 Å². The van der Waals surface area contributed by atoms with Gasteiger partial charge >= 0.3 is 0 Å². The zero-order valence-electron chi connectivity index (χ0n) is 15.8. The van der Waals surface area contributed by atoms with Crippen molar-refractivity contribution in [2.24, 2.45) is 4.99 Å². The Balaban J connectivity index is 1.25. The third-order valence-corrected chi connectivity index (χ3v) is 4.85. The SMILES string of the molecule is Cc1cc(CCCCCCCOc2ccc(C3=NCC(CCl)O3)cc2)on1. The molecule has 0 saturated heterocycles. The van der Waals surface area contributed by atoms with Crippen LogP contribution in [0.2, 0.25) is 0 Å². The molecule has 3 rings (SSSR count). The molecule has 1 aromatic carbocycles. The largest absolute Gasteiger partial charge is 0.494 e. The average Bonchev–Trinajstić information content (AvgIpc) is 3.33. The first-order valence-corrected chi connectivity index (χ1v) is 10.2. The molecule has 0 bridgehead atoms. The Kier molecular flexibility index (Phi) is 7.57. The van der Waals surface area contributed by atoms with Gasteiger partial charge in [0.15, 0.2) is 0 Å². The Morgan fingerprint density at radius 3 is 2.59 bits per heavy atom. The molecule has 27 heavy (non-hydrogen) atoms. The highest BCUT2D eigenvalue weighted by atomic mass is 35.5. The van der Waals surface area contributed by atoms with Crippen molar-refractivity contribution in [2.75, 3.05) is 19.0 Å². The molecular formula is C21H27ClN2O3. The van der Waals surface area contributed by atoms with Gasteiger partial charge in [-0.25, -0.2) is 4.99 Å². The number of alkyl halides is 1. The van der Waals surface area contributed by atoms with Gasteiger partial charge in [-0.3, -0.25) is 0 Å². The molecule has 0 saturated carbocycles. The molecule has 5 nitrogen and oxygen atoms in total. The van der Waals surface area contributed by atoms with Crippen LogP contribution < -0.4 is 4.74 Å². The van der Waals surface area contributed by atoms with Gasteiger partial charge < -0.3 is 14.0 Å². The minimum absolute atomic E-state index is 0.00235. The molecule has 2 heterocycles. The third kappa shape index (κ3) is 6.28. The summed E-state index contributed by atoms with van der Waals surface area (Å²) >= 11 is 5.80. The van der Waals surface area contributed by atoms with Crippen molar-refractivity contribution in [1.29, 1.82) is 0 Å². The number of aromatic nitrogens is 1. The summed E-state index contributed by atoms with van der Waals surface area (Å²) in [5, 5.41) is 3.91. The highest BCUT2D eigenvalue weighted by Gasteiger charge is 2.19. The van der Waals surface area contributed by atoms with Crippen molar-refractivity contribution < 1.29 is 14.0 Å². The molecule has 146 valence electrons. The van der Waals surface area contributed by atoms with Crippen LogP contribution in [-0.4, -0.2) is 36.2 Å². The summed E-state index contributed by atoms with van der Waals surface area (Å²) in [6, 6.07) is 9.91. The molecule has 0 aliphatic carbocycles. The highest BCUT2D eigenvalue weighted by Crippen LogP contribution is 2.18. The fourth-order valence-electron chi connectivity index (χ4n) is 3.01. The Morgan fingerprint density at radius 1 is 1.11 bits per heavy atom. The molecule has 1 aliphatic heterocycles. The third-order valence-electron chi connectivity index (χ3n) is 4.50. The van der Waals surface area contributed by atoms with E-state index < -0.39 is 0 Å². The molecule has 0 spiro atoms. The van der Waals surface area contributed by atoms with Crippen molar-refractivity contribution in [1.82, 2.24) is 5.16 Å². The number of ether oxygens (including phenoxy) is 2. The maximum Gasteiger partial charge on any atom is 0.216 e. The monoisotopic (exact) mass is 390 g/mol. The summed E-state index contributed by atoms with van der Waals surface area (Å²) < 4.78 is 16.7. The van der Waals surface area contributed by atoms with Crippen LogP contribution >= 0.6 is 11.6 Å². The van der Waals surface area contributed by atoms with Gasteiger partial charge in [-0.15, -0.1) is 11.6 Å². The topological polar surface area (TPSA) is 56.9 Å². The second-order valence-corrected chi connectivity index (χ2v) is 7.17. The van der Waals surface area contributed by atoms with E-state index in [-0.39, 0.29) is 6.10 Å². The molecule has 1 aromatic heterocycles. The number of unbranched alkanes of at least 4 members (excludes halogenated alkanes) is 4. The number of nitrogens with zero attached hydrogens (tertiary/aromatic N) is 2. The molecule has 0 N–H and O–H groups in total. The van der Waals surface area contributed by atoms with Crippen LogP contribution in [0, 0.1) is 6.92 Å². The number of hydrogen-bond donors (Lipinski definition) is 0. The van der Waals surface area contributed by atoms with E-state index >= 15 is 0 Å². The van der Waals surface area contributed by atoms with E-state index in [1.807, 2.05) is 37.3 Å². The van der Waals surface area contributed by atoms with E-state index in [0.29, 0.717) is 18.3 Å². The first-order chi connectivity index (χ1) is 13.2. The number of aryl methyl sites for hydroxylation is 2. The highest BCUT2D eigenvalue weighted by molar-refractivity contribution is 6.18. The fourth-order valence-corrected chi connectivity index (χ4v) is 3.17. The molecule has 0 fully saturated rings. The summed E-state index contributed by atoms with van der Waals surface area (Å²) in [7, 11) is 0. The second kappa shape index (κ2) is 10.4. The standard InChI is InChI=1S/C21H27ClN2O3/c1-16-13-19(27-24-16)7-5-3-2-4-6-12-25-18-10-8-17(9-11-18)21-23-15-20(14-22)26-21/h8-11,13,20H,2-7,12,14-15H2,1H3. The minimum atomic E-state index is -0.00235. The lowest BCUT2D eigenvalue weighted by Crippen LogP contribution is -2.14. The normalized spacial score (nSPS) is 16.2. The van der Waals surface area contributed by atoms with E-state index in [9.17, 15) is 0 Å². The second-order valence-electron chi connectivity index (χ2n) is 6.87. The van der Waals surface area contributed by atoms with Gasteiger partial charge in [-0.2, -0.15) is 0 Å². The van der Waals surface area contributed by atoms with Gasteiger partial charge in [0.2, 0.25) is 5.90 Å². The predicted octanol–water partition coefficient (Wildman–Crippen LogP) is 4.94. The molecule has 1 atom stereocenters. The van der Waals surface area contributed by atoms with Gasteiger partial charge in [-0.05, 0) is 44.0 Å². The van der Waals surface area contributed by atoms with Gasteiger partial charge in [0, 0.05) is 18.1 Å². The maximum absolute atomic E-state index is 5.82. The van der Waals surface area contributed by atoms with Crippen LogP contribution in [0.4, 0.5) is 0 Å². The van der Waals surface area contributed by atoms with Crippen LogP contribution in [0.15, 0.2) is 39.8 Å². The lowest BCUT2D eigenvalue weighted by molar-refractivity contribution is 0.249. The van der Waals surface area contributed by atoms with Gasteiger partial charge in [-0.1, -0.05) is 24.4 Å². The van der Waals surface area contributed by atoms with Gasteiger partial charge in [0.05, 0.1) is 24.7 Å². The van der Waals surface area contributed by atoms with Crippen LogP contribution in [-0.2, 0) is 11.2 Å². The van der Waals surface area contributed by atoms with E-state index in [0.717, 1.165) is 48.6 Å². The number of hydrogen-bond acceptors (Lipinski definition) is 5. The van der Waals surface area contributed by atoms with Crippen LogP contribution in [0.25, 0.3) is 0 Å². The maximum atomic E-state index is 5.82. The summed E-state index contributed by atoms with van der Waals surface area (Å²) in [4.78, 5) is 4.38. The van der Waals surface area contributed by atoms with Gasteiger partial charge in [0.1, 0.15) is 17.6 Å². The molecule has 1 aliphatic rings. The molecular weight excluding hydrogens is 364 g/mol. The van der Waals surface area contributed by atoms with Crippen molar-refractivity contribution >= 4 is 17.5 Å². The number of halogens is 1. The van der Waals surface area contributed by atoms with Crippen LogP contribution in [0.3, 0.4) is 0 Å². The number of aliphatic imine (C=N–C) groups is 1. The van der Waals surface area contributed by atoms with E-state index in [2.05, 4.69) is 10.1 Å². The minimum Gasteiger partial charge on any atom is -0.494 e. The fraction of sp³-hybridized carbons (Fsp3) is 0.524. The van der Waals surface area contributed by atoms with Crippen molar-refractivity contribution in [3.63, 3.8) is 0 Å². The molecule has 1 unspecified atom stereocenters. The first kappa shape index (κ1) is 19.7.